The Kier molecular flexibility index (Phi) is 5.14. The second-order valence-corrected chi connectivity index (χ2v) is 6.12. The summed E-state index contributed by atoms with van der Waals surface area (Å²) >= 11 is 5.99. The first-order chi connectivity index (χ1) is 11.2. The van der Waals surface area contributed by atoms with E-state index in [1.54, 1.807) is 31.2 Å². The average Bonchev–Trinajstić information content (AvgIpc) is 2.98. The van der Waals surface area contributed by atoms with Crippen molar-refractivity contribution < 1.29 is 19.4 Å². The molecular weight excluding hydrogens is 334 g/mol. The first-order valence-corrected chi connectivity index (χ1v) is 7.60. The van der Waals surface area contributed by atoms with Crippen molar-refractivity contribution in [2.75, 3.05) is 5.32 Å². The van der Waals surface area contributed by atoms with Crippen LogP contribution in [0.2, 0.25) is 5.02 Å². The minimum Gasteiger partial charge on any atom is -0.479 e. The SMILES string of the molecule is CC(Oc1ccccc1Cl)C(=O)Nc1cnn(C(C)(C)C(=O)O)c1. The van der Waals surface area contributed by atoms with Crippen molar-refractivity contribution in [1.29, 1.82) is 0 Å². The molecule has 1 aromatic heterocycles. The molecule has 0 fully saturated rings. The minimum absolute atomic E-state index is 0.379. The van der Waals surface area contributed by atoms with Gasteiger partial charge in [-0.3, -0.25) is 9.48 Å². The summed E-state index contributed by atoms with van der Waals surface area (Å²) in [5, 5.41) is 16.2. The summed E-state index contributed by atoms with van der Waals surface area (Å²) in [4.78, 5) is 23.4. The summed E-state index contributed by atoms with van der Waals surface area (Å²) in [5.41, 5.74) is -0.841. The number of para-hydroxylation sites is 1. The molecule has 7 nitrogen and oxygen atoms in total. The molecular formula is C16H18ClN3O4. The molecule has 1 heterocycles. The first kappa shape index (κ1) is 17.8. The molecule has 1 unspecified atom stereocenters. The van der Waals surface area contributed by atoms with Crippen molar-refractivity contribution in [3.63, 3.8) is 0 Å². The number of rotatable bonds is 6. The van der Waals surface area contributed by atoms with Crippen molar-refractivity contribution in [1.82, 2.24) is 9.78 Å². The van der Waals surface area contributed by atoms with Gasteiger partial charge >= 0.3 is 5.97 Å². The molecule has 24 heavy (non-hydrogen) atoms. The zero-order chi connectivity index (χ0) is 17.9. The molecule has 0 aliphatic carbocycles. The zero-order valence-corrected chi connectivity index (χ0v) is 14.2. The lowest BCUT2D eigenvalue weighted by Crippen LogP contribution is -2.36. The quantitative estimate of drug-likeness (QED) is 0.834. The molecule has 2 aromatic rings. The Balaban J connectivity index is 2.03. The topological polar surface area (TPSA) is 93.5 Å². The van der Waals surface area contributed by atoms with Crippen LogP contribution >= 0.6 is 11.6 Å². The zero-order valence-electron chi connectivity index (χ0n) is 13.5. The second-order valence-electron chi connectivity index (χ2n) is 5.72. The van der Waals surface area contributed by atoms with Gasteiger partial charge in [0.15, 0.2) is 11.6 Å². The highest BCUT2D eigenvalue weighted by atomic mass is 35.5. The molecule has 0 bridgehead atoms. The van der Waals surface area contributed by atoms with Gasteiger partial charge in [0.05, 0.1) is 16.9 Å². The number of ether oxygens (including phenoxy) is 1. The van der Waals surface area contributed by atoms with Crippen molar-refractivity contribution in [2.45, 2.75) is 32.4 Å². The number of aliphatic carboxylic acids is 1. The summed E-state index contributed by atoms with van der Waals surface area (Å²) in [6, 6.07) is 6.85. The molecule has 0 saturated heterocycles. The van der Waals surface area contributed by atoms with Gasteiger partial charge in [0.2, 0.25) is 0 Å². The van der Waals surface area contributed by atoms with Gasteiger partial charge in [-0.05, 0) is 32.9 Å². The average molecular weight is 352 g/mol. The fraction of sp³-hybridized carbons (Fsp3) is 0.312. The van der Waals surface area contributed by atoms with E-state index >= 15 is 0 Å². The van der Waals surface area contributed by atoms with E-state index in [1.165, 1.54) is 30.9 Å². The fourth-order valence-corrected chi connectivity index (χ4v) is 2.00. The van der Waals surface area contributed by atoms with Gasteiger partial charge in [0.25, 0.3) is 5.91 Å². The van der Waals surface area contributed by atoms with Crippen LogP contribution in [0.1, 0.15) is 20.8 Å². The molecule has 1 atom stereocenters. The number of carboxylic acid groups (broad SMARTS) is 1. The predicted octanol–water partition coefficient (Wildman–Crippen LogP) is 2.76. The summed E-state index contributed by atoms with van der Waals surface area (Å²) in [7, 11) is 0. The van der Waals surface area contributed by atoms with Crippen LogP contribution in [0, 0.1) is 0 Å². The molecule has 0 spiro atoms. The molecule has 2 rings (SSSR count). The van der Waals surface area contributed by atoms with E-state index in [0.717, 1.165) is 0 Å². The van der Waals surface area contributed by atoms with Gasteiger partial charge in [-0.1, -0.05) is 23.7 Å². The van der Waals surface area contributed by atoms with Gasteiger partial charge in [0.1, 0.15) is 5.75 Å². The maximum absolute atomic E-state index is 12.2. The largest absolute Gasteiger partial charge is 0.479 e. The van der Waals surface area contributed by atoms with E-state index < -0.39 is 23.5 Å². The van der Waals surface area contributed by atoms with Crippen LogP contribution in [0.25, 0.3) is 0 Å². The highest BCUT2D eigenvalue weighted by molar-refractivity contribution is 6.32. The van der Waals surface area contributed by atoms with Gasteiger partial charge in [-0.2, -0.15) is 5.10 Å². The Labute approximate surface area is 144 Å². The standard InChI is InChI=1S/C16H18ClN3O4/c1-10(24-13-7-5-4-6-12(13)17)14(21)19-11-8-18-20(9-11)16(2,3)15(22)23/h4-10H,1-3H3,(H,19,21)(H,22,23). The number of carbonyl (C=O) groups excluding carboxylic acids is 1. The third kappa shape index (κ3) is 3.86. The molecule has 0 aliphatic rings. The van der Waals surface area contributed by atoms with Crippen molar-refractivity contribution in [3.8, 4) is 5.75 Å². The molecule has 0 aliphatic heterocycles. The Morgan fingerprint density at radius 3 is 2.67 bits per heavy atom. The highest BCUT2D eigenvalue weighted by Crippen LogP contribution is 2.24. The van der Waals surface area contributed by atoms with Crippen LogP contribution in [-0.4, -0.2) is 32.9 Å². The van der Waals surface area contributed by atoms with E-state index in [4.69, 9.17) is 16.3 Å². The van der Waals surface area contributed by atoms with Crippen LogP contribution in [0.5, 0.6) is 5.75 Å². The molecule has 0 radical (unpaired) electrons. The van der Waals surface area contributed by atoms with Crippen LogP contribution < -0.4 is 10.1 Å². The lowest BCUT2D eigenvalue weighted by atomic mass is 10.1. The third-order valence-corrected chi connectivity index (χ3v) is 3.77. The number of nitrogens with zero attached hydrogens (tertiary/aromatic N) is 2. The van der Waals surface area contributed by atoms with Gasteiger partial charge in [0, 0.05) is 6.20 Å². The van der Waals surface area contributed by atoms with Gasteiger partial charge in [-0.15, -0.1) is 0 Å². The third-order valence-electron chi connectivity index (χ3n) is 3.46. The summed E-state index contributed by atoms with van der Waals surface area (Å²) in [5.74, 6) is -1.02. The number of hydrogen-bond acceptors (Lipinski definition) is 4. The van der Waals surface area contributed by atoms with Crippen LogP contribution in [0.3, 0.4) is 0 Å². The molecule has 0 saturated carbocycles. The van der Waals surface area contributed by atoms with Crippen LogP contribution in [0.4, 0.5) is 5.69 Å². The van der Waals surface area contributed by atoms with Crippen LogP contribution in [-0.2, 0) is 15.1 Å². The molecule has 1 aromatic carbocycles. The van der Waals surface area contributed by atoms with E-state index in [9.17, 15) is 14.7 Å². The summed E-state index contributed by atoms with van der Waals surface area (Å²) in [6.45, 7) is 4.61. The van der Waals surface area contributed by atoms with E-state index in [2.05, 4.69) is 10.4 Å². The highest BCUT2D eigenvalue weighted by Gasteiger charge is 2.30. The lowest BCUT2D eigenvalue weighted by molar-refractivity contribution is -0.146. The molecule has 1 amide bonds. The van der Waals surface area contributed by atoms with Crippen LogP contribution in [0.15, 0.2) is 36.7 Å². The van der Waals surface area contributed by atoms with Crippen molar-refractivity contribution >= 4 is 29.2 Å². The Bertz CT molecular complexity index is 757. The normalized spacial score (nSPS) is 12.5. The maximum atomic E-state index is 12.2. The van der Waals surface area contributed by atoms with E-state index in [1.807, 2.05) is 0 Å². The second kappa shape index (κ2) is 6.92. The smallest absolute Gasteiger partial charge is 0.331 e. The minimum atomic E-state index is -1.22. The number of nitrogens with one attached hydrogen (secondary N) is 1. The fourth-order valence-electron chi connectivity index (χ4n) is 1.82. The van der Waals surface area contributed by atoms with Gasteiger partial charge < -0.3 is 15.2 Å². The first-order valence-electron chi connectivity index (χ1n) is 7.22. The Hall–Kier alpha value is -2.54. The number of halogens is 1. The number of benzene rings is 1. The molecule has 128 valence electrons. The summed E-state index contributed by atoms with van der Waals surface area (Å²) in [6.07, 6.45) is 2.04. The van der Waals surface area contributed by atoms with Gasteiger partial charge in [-0.25, -0.2) is 4.79 Å². The molecule has 8 heteroatoms. The number of anilines is 1. The number of aromatic nitrogens is 2. The van der Waals surface area contributed by atoms with E-state index in [-0.39, 0.29) is 0 Å². The van der Waals surface area contributed by atoms with E-state index in [0.29, 0.717) is 16.5 Å². The van der Waals surface area contributed by atoms with Crippen molar-refractivity contribution in [3.05, 3.63) is 41.7 Å². The lowest BCUT2D eigenvalue weighted by Gasteiger charge is -2.19. The number of amides is 1. The summed E-state index contributed by atoms with van der Waals surface area (Å²) < 4.78 is 6.79. The van der Waals surface area contributed by atoms with Crippen molar-refractivity contribution in [2.24, 2.45) is 0 Å². The predicted molar refractivity (Wildman–Crippen MR) is 89.4 cm³/mol. The number of carbonyl (C=O) groups is 2. The molecule has 2 N–H and O–H groups in total. The monoisotopic (exact) mass is 351 g/mol. The number of carboxylic acids is 1. The Morgan fingerprint density at radius 2 is 2.04 bits per heavy atom. The Morgan fingerprint density at radius 1 is 1.38 bits per heavy atom. The maximum Gasteiger partial charge on any atom is 0.331 e. The number of hydrogen-bond donors (Lipinski definition) is 2.